The molecule has 0 fully saturated rings. The molecule has 0 aromatic carbocycles. The number of ether oxygens (including phenoxy) is 4. The number of hydrogen-bond acceptors (Lipinski definition) is 8. The van der Waals surface area contributed by atoms with Crippen LogP contribution in [-0.2, 0) is 33.3 Å². The van der Waals surface area contributed by atoms with Crippen LogP contribution in [0, 0.1) is 0 Å². The fourth-order valence-electron chi connectivity index (χ4n) is 11.0. The number of carbonyl (C=O) groups excluding carboxylic acids is 3. The van der Waals surface area contributed by atoms with Crippen LogP contribution in [0.1, 0.15) is 361 Å². The molecule has 0 aliphatic carbocycles. The van der Waals surface area contributed by atoms with Gasteiger partial charge in [0.15, 0.2) is 12.4 Å². The number of nitrogens with zero attached hydrogens (tertiary/aromatic N) is 1. The molecule has 2 unspecified atom stereocenters. The van der Waals surface area contributed by atoms with Gasteiger partial charge in [0.25, 0.3) is 0 Å². The maximum absolute atomic E-state index is 12.9. The molecule has 0 rings (SSSR count). The first-order chi connectivity index (χ1) is 41.6. The van der Waals surface area contributed by atoms with Crippen LogP contribution in [0.15, 0.2) is 48.6 Å². The van der Waals surface area contributed by atoms with E-state index in [1.165, 1.54) is 270 Å². The molecule has 0 aliphatic heterocycles. The largest absolute Gasteiger partial charge is 0.545 e. The summed E-state index contributed by atoms with van der Waals surface area (Å²) in [5.41, 5.74) is 0. The van der Waals surface area contributed by atoms with E-state index >= 15 is 0 Å². The zero-order chi connectivity index (χ0) is 61.9. The van der Waals surface area contributed by atoms with Crippen LogP contribution in [0.5, 0.6) is 0 Å². The van der Waals surface area contributed by atoms with E-state index in [1.807, 2.05) is 21.1 Å². The number of carboxylic acids is 1. The lowest BCUT2D eigenvalue weighted by atomic mass is 10.0. The summed E-state index contributed by atoms with van der Waals surface area (Å²) < 4.78 is 22.8. The van der Waals surface area contributed by atoms with Gasteiger partial charge in [0.2, 0.25) is 0 Å². The Morgan fingerprint density at radius 1 is 0.365 bits per heavy atom. The van der Waals surface area contributed by atoms with Crippen molar-refractivity contribution in [1.82, 2.24) is 0 Å². The Bertz CT molecular complexity index is 1530. The predicted molar refractivity (Wildman–Crippen MR) is 362 cm³/mol. The lowest BCUT2D eigenvalue weighted by Crippen LogP contribution is -2.44. The third-order valence-corrected chi connectivity index (χ3v) is 16.6. The lowest BCUT2D eigenvalue weighted by Gasteiger charge is -2.26. The summed E-state index contributed by atoms with van der Waals surface area (Å²) in [6.07, 6.45) is 83.7. The normalized spacial score (nSPS) is 12.9. The van der Waals surface area contributed by atoms with Crippen molar-refractivity contribution in [3.8, 4) is 0 Å². The summed E-state index contributed by atoms with van der Waals surface area (Å²) in [7, 11) is 5.94. The number of esters is 2. The minimum Gasteiger partial charge on any atom is -0.545 e. The molecule has 0 heterocycles. The highest BCUT2D eigenvalue weighted by Gasteiger charge is 2.22. The van der Waals surface area contributed by atoms with Gasteiger partial charge >= 0.3 is 11.9 Å². The molecular weight excluding hydrogens is 1050 g/mol. The Kier molecular flexibility index (Phi) is 65.0. The van der Waals surface area contributed by atoms with Crippen molar-refractivity contribution in [3.05, 3.63) is 48.6 Å². The van der Waals surface area contributed by atoms with Crippen LogP contribution in [0.25, 0.3) is 0 Å². The number of carbonyl (C=O) groups is 3. The Balaban J connectivity index is 3.92. The molecule has 0 radical (unpaired) electrons. The molecule has 0 N–H and O–H groups in total. The van der Waals surface area contributed by atoms with E-state index in [1.54, 1.807) is 0 Å². The van der Waals surface area contributed by atoms with Gasteiger partial charge in [-0.15, -0.1) is 0 Å². The number of carboxylic acid groups (broad SMARTS) is 1. The molecule has 0 amide bonds. The first-order valence-electron chi connectivity index (χ1n) is 36.8. The Labute approximate surface area is 527 Å². The summed E-state index contributed by atoms with van der Waals surface area (Å²) >= 11 is 0. The summed E-state index contributed by atoms with van der Waals surface area (Å²) in [4.78, 5) is 37.5. The summed E-state index contributed by atoms with van der Waals surface area (Å²) in [5, 5.41) is 11.8. The number of likely N-dealkylation sites (N-methyl/N-ethyl adjacent to an activating group) is 1. The maximum atomic E-state index is 12.9. The van der Waals surface area contributed by atoms with Crippen molar-refractivity contribution < 1.29 is 42.9 Å². The first-order valence-corrected chi connectivity index (χ1v) is 36.8. The van der Waals surface area contributed by atoms with Crippen LogP contribution < -0.4 is 5.11 Å². The van der Waals surface area contributed by atoms with Gasteiger partial charge in [-0.2, -0.15) is 0 Å². The third-order valence-electron chi connectivity index (χ3n) is 16.6. The molecule has 0 aromatic heterocycles. The van der Waals surface area contributed by atoms with E-state index in [0.29, 0.717) is 17.4 Å². The second-order valence-corrected chi connectivity index (χ2v) is 26.2. The van der Waals surface area contributed by atoms with Crippen molar-refractivity contribution in [2.45, 2.75) is 373 Å². The summed E-state index contributed by atoms with van der Waals surface area (Å²) in [5.74, 6) is -2.25. The molecule has 9 nitrogen and oxygen atoms in total. The SMILES string of the molecule is CC/C=C\C/C=C\C/C=C\C/C=C\CCCCCCCCCCCCCCCCCCCCCCCCCCCCCCC(=O)OC(COC(=O)CCCCCCCCCCCCCCCCCCCCC)COC(OCC[N+](C)(C)C)C(=O)[O-]. The summed E-state index contributed by atoms with van der Waals surface area (Å²) in [6, 6.07) is 0. The van der Waals surface area contributed by atoms with Crippen LogP contribution in [-0.4, -0.2) is 82.3 Å². The summed E-state index contributed by atoms with van der Waals surface area (Å²) in [6.45, 7) is 4.70. The average Bonchev–Trinajstić information content (AvgIpc) is 3.49. The highest BCUT2D eigenvalue weighted by molar-refractivity contribution is 5.70. The van der Waals surface area contributed by atoms with Gasteiger partial charge in [-0.1, -0.05) is 345 Å². The van der Waals surface area contributed by atoms with Gasteiger partial charge < -0.3 is 33.3 Å². The zero-order valence-electron chi connectivity index (χ0n) is 57.0. The smallest absolute Gasteiger partial charge is 0.306 e. The van der Waals surface area contributed by atoms with Crippen molar-refractivity contribution >= 4 is 17.9 Å². The fourth-order valence-corrected chi connectivity index (χ4v) is 11.0. The molecule has 0 saturated carbocycles. The van der Waals surface area contributed by atoms with E-state index in [9.17, 15) is 19.5 Å². The Hall–Kier alpha value is -2.75. The Morgan fingerprint density at radius 3 is 1.00 bits per heavy atom. The van der Waals surface area contributed by atoms with Gasteiger partial charge in [-0.3, -0.25) is 9.59 Å². The minimum atomic E-state index is -1.62. The van der Waals surface area contributed by atoms with Gasteiger partial charge in [-0.25, -0.2) is 0 Å². The number of quaternary nitrogens is 1. The number of aliphatic carboxylic acids is 1. The number of allylic oxidation sites excluding steroid dienone is 8. The predicted octanol–water partition coefficient (Wildman–Crippen LogP) is 21.6. The molecule has 0 spiro atoms. The molecule has 85 heavy (non-hydrogen) atoms. The van der Waals surface area contributed by atoms with E-state index in [0.717, 1.165) is 64.2 Å². The van der Waals surface area contributed by atoms with Gasteiger partial charge in [0.1, 0.15) is 13.2 Å². The number of unbranched alkanes of at least 4 members (excludes halogenated alkanes) is 46. The molecule has 0 aliphatic rings. The maximum Gasteiger partial charge on any atom is 0.306 e. The highest BCUT2D eigenvalue weighted by atomic mass is 16.7. The second kappa shape index (κ2) is 67.2. The molecular formula is C76H141NO8. The Morgan fingerprint density at radius 2 is 0.671 bits per heavy atom. The standard InChI is InChI=1S/C76H141NO8/c1-6-8-10-12-14-16-18-20-22-24-26-27-28-29-30-31-32-33-34-35-36-37-38-39-40-41-42-43-44-45-46-47-49-51-53-55-57-59-61-63-65-67-74(79)85-72(71-84-76(75(80)81)82-69-68-77(3,4)5)70-83-73(78)66-64-62-60-58-56-54-52-50-48-25-23-21-19-17-15-13-11-9-7-2/h8,10,14,16,20,22,26-27,72,76H,6-7,9,11-13,15,17-19,21,23-25,28-71H2,1-5H3/b10-8-,16-14-,22-20-,27-26-. The van der Waals surface area contributed by atoms with E-state index in [2.05, 4.69) is 62.5 Å². The molecule has 0 bridgehead atoms. The monoisotopic (exact) mass is 1200 g/mol. The quantitative estimate of drug-likeness (QED) is 0.0195. The second-order valence-electron chi connectivity index (χ2n) is 26.2. The van der Waals surface area contributed by atoms with Crippen LogP contribution >= 0.6 is 0 Å². The highest BCUT2D eigenvalue weighted by Crippen LogP contribution is 2.19. The molecule has 2 atom stereocenters. The van der Waals surface area contributed by atoms with Gasteiger partial charge in [-0.05, 0) is 51.4 Å². The molecule has 0 saturated heterocycles. The van der Waals surface area contributed by atoms with Crippen molar-refractivity contribution in [2.24, 2.45) is 0 Å². The first kappa shape index (κ1) is 82.2. The minimum absolute atomic E-state index is 0.152. The van der Waals surface area contributed by atoms with Crippen molar-refractivity contribution in [2.75, 3.05) is 47.5 Å². The zero-order valence-corrected chi connectivity index (χ0v) is 57.0. The van der Waals surface area contributed by atoms with Crippen LogP contribution in [0.2, 0.25) is 0 Å². The number of rotatable bonds is 69. The van der Waals surface area contributed by atoms with Crippen molar-refractivity contribution in [1.29, 1.82) is 0 Å². The molecule has 9 heteroatoms. The van der Waals surface area contributed by atoms with Crippen LogP contribution in [0.3, 0.4) is 0 Å². The molecule has 0 aromatic rings. The number of hydrogen-bond donors (Lipinski definition) is 0. The topological polar surface area (TPSA) is 111 Å². The average molecular weight is 1200 g/mol. The molecule has 498 valence electrons. The third kappa shape index (κ3) is 68.6. The van der Waals surface area contributed by atoms with E-state index in [4.69, 9.17) is 18.9 Å². The van der Waals surface area contributed by atoms with E-state index in [-0.39, 0.29) is 32.2 Å². The lowest BCUT2D eigenvalue weighted by molar-refractivity contribution is -0.870. The van der Waals surface area contributed by atoms with Gasteiger partial charge in [0.05, 0.1) is 40.3 Å². The fraction of sp³-hybridized carbons (Fsp3) is 0.855. The van der Waals surface area contributed by atoms with Crippen LogP contribution in [0.4, 0.5) is 0 Å². The van der Waals surface area contributed by atoms with Crippen molar-refractivity contribution in [3.63, 3.8) is 0 Å². The van der Waals surface area contributed by atoms with E-state index < -0.39 is 24.3 Å². The van der Waals surface area contributed by atoms with Gasteiger partial charge in [0, 0.05) is 12.8 Å².